The van der Waals surface area contributed by atoms with Gasteiger partial charge in [0.05, 0.1) is 11.5 Å². The molecule has 0 N–H and O–H groups in total. The summed E-state index contributed by atoms with van der Waals surface area (Å²) in [7, 11) is 1.66. The van der Waals surface area contributed by atoms with Crippen molar-refractivity contribution in [1.82, 2.24) is 0 Å². The third kappa shape index (κ3) is 2.96. The molecule has 1 saturated heterocycles. The van der Waals surface area contributed by atoms with Gasteiger partial charge in [-0.3, -0.25) is 14.9 Å². The molecule has 0 aliphatic carbocycles. The Kier molecular flexibility index (Phi) is 4.34. The number of benzene rings is 1. The quantitative estimate of drug-likeness (QED) is 0.469. The van der Waals surface area contributed by atoms with Gasteiger partial charge in [-0.05, 0) is 25.5 Å². The second-order valence-electron chi connectivity index (χ2n) is 5.07. The fourth-order valence-electron chi connectivity index (χ4n) is 2.58. The largest absolute Gasteiger partial charge is 0.384 e. The monoisotopic (exact) mass is 278 g/mol. The van der Waals surface area contributed by atoms with Crippen molar-refractivity contribution in [3.8, 4) is 0 Å². The van der Waals surface area contributed by atoms with Crippen LogP contribution in [0.5, 0.6) is 0 Å². The van der Waals surface area contributed by atoms with E-state index in [0.717, 1.165) is 19.5 Å². The minimum absolute atomic E-state index is 0.00392. The molecule has 0 bridgehead atoms. The normalized spacial score (nSPS) is 18.3. The molecule has 1 aromatic rings. The zero-order valence-electron chi connectivity index (χ0n) is 11.7. The van der Waals surface area contributed by atoms with E-state index in [1.54, 1.807) is 19.2 Å². The number of hydrogen-bond acceptors (Lipinski definition) is 5. The maximum absolute atomic E-state index is 11.3. The van der Waals surface area contributed by atoms with E-state index in [-0.39, 0.29) is 11.5 Å². The minimum atomic E-state index is -0.425. The van der Waals surface area contributed by atoms with E-state index in [1.807, 2.05) is 4.90 Å². The summed E-state index contributed by atoms with van der Waals surface area (Å²) in [5, 5.41) is 11.2. The van der Waals surface area contributed by atoms with Crippen molar-refractivity contribution in [2.24, 2.45) is 5.92 Å². The number of ether oxygens (including phenoxy) is 1. The molecule has 1 aromatic carbocycles. The van der Waals surface area contributed by atoms with E-state index >= 15 is 0 Å². The number of nitro benzene ring substituents is 1. The lowest BCUT2D eigenvalue weighted by atomic mass is 10.1. The third-order valence-electron chi connectivity index (χ3n) is 3.61. The fraction of sp³-hybridized carbons (Fsp3) is 0.500. The number of anilines is 1. The number of hydrogen-bond donors (Lipinski definition) is 0. The van der Waals surface area contributed by atoms with Crippen molar-refractivity contribution in [1.29, 1.82) is 0 Å². The Balaban J connectivity index is 2.28. The van der Waals surface area contributed by atoms with Gasteiger partial charge in [0, 0.05) is 37.7 Å². The lowest BCUT2D eigenvalue weighted by molar-refractivity contribution is -0.384. The van der Waals surface area contributed by atoms with E-state index in [4.69, 9.17) is 4.74 Å². The summed E-state index contributed by atoms with van der Waals surface area (Å²) >= 11 is 0. The molecule has 1 fully saturated rings. The summed E-state index contributed by atoms with van der Waals surface area (Å²) in [5.41, 5.74) is 0.947. The first-order valence-corrected chi connectivity index (χ1v) is 6.56. The molecule has 0 aromatic heterocycles. The third-order valence-corrected chi connectivity index (χ3v) is 3.61. The number of nitrogens with zero attached hydrogens (tertiary/aromatic N) is 2. The topological polar surface area (TPSA) is 72.7 Å². The predicted molar refractivity (Wildman–Crippen MR) is 75.3 cm³/mol. The van der Waals surface area contributed by atoms with Crippen LogP contribution in [0.2, 0.25) is 0 Å². The maximum Gasteiger partial charge on any atom is 0.293 e. The maximum atomic E-state index is 11.3. The zero-order valence-corrected chi connectivity index (χ0v) is 11.7. The number of carbonyl (C=O) groups is 1. The molecule has 1 unspecified atom stereocenters. The smallest absolute Gasteiger partial charge is 0.293 e. The van der Waals surface area contributed by atoms with Crippen LogP contribution in [0, 0.1) is 16.0 Å². The van der Waals surface area contributed by atoms with Gasteiger partial charge >= 0.3 is 0 Å². The molecule has 6 heteroatoms. The second kappa shape index (κ2) is 6.00. The molecule has 6 nitrogen and oxygen atoms in total. The summed E-state index contributed by atoms with van der Waals surface area (Å²) in [4.78, 5) is 24.1. The highest BCUT2D eigenvalue weighted by atomic mass is 16.6. The molecule has 1 heterocycles. The van der Waals surface area contributed by atoms with Crippen LogP contribution in [-0.2, 0) is 4.74 Å². The van der Waals surface area contributed by atoms with E-state index in [0.29, 0.717) is 23.8 Å². The van der Waals surface area contributed by atoms with Gasteiger partial charge in [0.25, 0.3) is 5.69 Å². The van der Waals surface area contributed by atoms with Crippen molar-refractivity contribution in [2.45, 2.75) is 13.3 Å². The Labute approximate surface area is 117 Å². The van der Waals surface area contributed by atoms with E-state index < -0.39 is 4.92 Å². The average Bonchev–Trinajstić information content (AvgIpc) is 2.86. The van der Waals surface area contributed by atoms with Gasteiger partial charge in [0.2, 0.25) is 0 Å². The highest BCUT2D eigenvalue weighted by molar-refractivity contribution is 5.95. The van der Waals surface area contributed by atoms with Crippen molar-refractivity contribution < 1.29 is 14.5 Å². The van der Waals surface area contributed by atoms with Crippen LogP contribution in [0.25, 0.3) is 0 Å². The van der Waals surface area contributed by atoms with Crippen LogP contribution in [0.15, 0.2) is 18.2 Å². The molecule has 0 spiro atoms. The number of nitro groups is 1. The summed E-state index contributed by atoms with van der Waals surface area (Å²) in [5.74, 6) is 0.227. The zero-order chi connectivity index (χ0) is 14.7. The summed E-state index contributed by atoms with van der Waals surface area (Å²) < 4.78 is 5.13. The lowest BCUT2D eigenvalue weighted by Gasteiger charge is -2.18. The van der Waals surface area contributed by atoms with E-state index in [2.05, 4.69) is 0 Å². The number of Topliss-reactive ketones (excluding diaryl/α,β-unsaturated/α-hetero) is 1. The molecule has 108 valence electrons. The molecule has 0 radical (unpaired) electrons. The Bertz CT molecular complexity index is 530. The van der Waals surface area contributed by atoms with E-state index in [9.17, 15) is 14.9 Å². The average molecular weight is 278 g/mol. The Morgan fingerprint density at radius 2 is 2.30 bits per heavy atom. The van der Waals surface area contributed by atoms with Gasteiger partial charge in [-0.2, -0.15) is 0 Å². The first-order valence-electron chi connectivity index (χ1n) is 6.56. The number of methoxy groups -OCH3 is 1. The molecule has 0 saturated carbocycles. The van der Waals surface area contributed by atoms with Crippen LogP contribution in [-0.4, -0.2) is 37.5 Å². The standard InChI is InChI=1S/C14H18N2O4/c1-10(17)12-3-4-13(14(7-12)16(18)19)15-6-5-11(8-15)9-20-2/h3-4,7,11H,5-6,8-9H2,1-2H3. The Morgan fingerprint density at radius 1 is 1.55 bits per heavy atom. The van der Waals surface area contributed by atoms with Gasteiger partial charge in [0.1, 0.15) is 5.69 Å². The summed E-state index contributed by atoms with van der Waals surface area (Å²) in [6.07, 6.45) is 0.958. The molecule has 20 heavy (non-hydrogen) atoms. The van der Waals surface area contributed by atoms with Gasteiger partial charge in [0.15, 0.2) is 5.78 Å². The Morgan fingerprint density at radius 3 is 2.90 bits per heavy atom. The van der Waals surface area contributed by atoms with Gasteiger partial charge in [-0.1, -0.05) is 0 Å². The van der Waals surface area contributed by atoms with Crippen LogP contribution < -0.4 is 4.90 Å². The molecular weight excluding hydrogens is 260 g/mol. The van der Waals surface area contributed by atoms with Crippen LogP contribution in [0.4, 0.5) is 11.4 Å². The minimum Gasteiger partial charge on any atom is -0.384 e. The SMILES string of the molecule is COCC1CCN(c2ccc(C(C)=O)cc2[N+](=O)[O-])C1. The summed E-state index contributed by atoms with van der Waals surface area (Å²) in [6.45, 7) is 3.58. The number of carbonyl (C=O) groups excluding carboxylic acids is 1. The first kappa shape index (κ1) is 14.5. The Hall–Kier alpha value is -1.95. The molecule has 0 amide bonds. The highest BCUT2D eigenvalue weighted by Gasteiger charge is 2.28. The van der Waals surface area contributed by atoms with Gasteiger partial charge in [-0.15, -0.1) is 0 Å². The highest BCUT2D eigenvalue weighted by Crippen LogP contribution is 2.33. The second-order valence-corrected chi connectivity index (χ2v) is 5.07. The van der Waals surface area contributed by atoms with E-state index in [1.165, 1.54) is 13.0 Å². The van der Waals surface area contributed by atoms with Crippen molar-refractivity contribution in [2.75, 3.05) is 31.7 Å². The van der Waals surface area contributed by atoms with Crippen LogP contribution in [0.1, 0.15) is 23.7 Å². The number of ketones is 1. The van der Waals surface area contributed by atoms with Gasteiger partial charge < -0.3 is 9.64 Å². The molecule has 1 aliphatic rings. The lowest BCUT2D eigenvalue weighted by Crippen LogP contribution is -2.22. The molecule has 1 atom stereocenters. The molecule has 1 aliphatic heterocycles. The fourth-order valence-corrected chi connectivity index (χ4v) is 2.58. The predicted octanol–water partition coefficient (Wildman–Crippen LogP) is 2.27. The summed E-state index contributed by atoms with van der Waals surface area (Å²) in [6, 6.07) is 4.68. The van der Waals surface area contributed by atoms with Crippen LogP contribution >= 0.6 is 0 Å². The first-order chi connectivity index (χ1) is 9.52. The molecule has 2 rings (SSSR count). The molecular formula is C14H18N2O4. The van der Waals surface area contributed by atoms with Crippen molar-refractivity contribution in [3.63, 3.8) is 0 Å². The van der Waals surface area contributed by atoms with Crippen molar-refractivity contribution in [3.05, 3.63) is 33.9 Å². The number of rotatable bonds is 5. The van der Waals surface area contributed by atoms with Crippen LogP contribution in [0.3, 0.4) is 0 Å². The van der Waals surface area contributed by atoms with Crippen molar-refractivity contribution >= 4 is 17.2 Å². The van der Waals surface area contributed by atoms with Gasteiger partial charge in [-0.25, -0.2) is 0 Å².